The van der Waals surface area contributed by atoms with E-state index in [1.54, 1.807) is 36.4 Å². The zero-order chi connectivity index (χ0) is 22.2. The zero-order valence-electron chi connectivity index (χ0n) is 16.2. The molecule has 0 saturated carbocycles. The maximum absolute atomic E-state index is 13.0. The Morgan fingerprint density at radius 3 is 2.48 bits per heavy atom. The van der Waals surface area contributed by atoms with Gasteiger partial charge in [0.1, 0.15) is 17.3 Å². The van der Waals surface area contributed by atoms with Gasteiger partial charge in [-0.25, -0.2) is 14.2 Å². The normalized spacial score (nSPS) is 11.1. The molecule has 160 valence electrons. The number of halogens is 3. The number of pyridine rings is 1. The Bertz CT molecular complexity index is 1070. The van der Waals surface area contributed by atoms with Crippen LogP contribution in [0.25, 0.3) is 6.08 Å². The van der Waals surface area contributed by atoms with Gasteiger partial charge in [0.2, 0.25) is 0 Å². The van der Waals surface area contributed by atoms with Gasteiger partial charge < -0.3 is 9.84 Å². The van der Waals surface area contributed by atoms with E-state index in [1.807, 2.05) is 6.07 Å². The molecular formula is C23H18Cl2FNO3S. The van der Waals surface area contributed by atoms with E-state index in [2.05, 4.69) is 4.98 Å². The van der Waals surface area contributed by atoms with Gasteiger partial charge in [-0.3, -0.25) is 0 Å². The third kappa shape index (κ3) is 6.99. The van der Waals surface area contributed by atoms with Gasteiger partial charge in [0.25, 0.3) is 0 Å². The molecule has 0 spiro atoms. The van der Waals surface area contributed by atoms with Crippen LogP contribution in [0.15, 0.2) is 65.6 Å². The van der Waals surface area contributed by atoms with E-state index in [1.165, 1.54) is 30.0 Å². The second-order valence-corrected chi connectivity index (χ2v) is 8.22. The van der Waals surface area contributed by atoms with E-state index < -0.39 is 5.97 Å². The number of ether oxygens (including phenoxy) is 1. The molecule has 0 atom stereocenters. The van der Waals surface area contributed by atoms with Crippen molar-refractivity contribution in [1.82, 2.24) is 4.98 Å². The van der Waals surface area contributed by atoms with Crippen LogP contribution in [0.2, 0.25) is 10.0 Å². The first-order chi connectivity index (χ1) is 14.9. The third-order valence-corrected chi connectivity index (χ3v) is 6.19. The summed E-state index contributed by atoms with van der Waals surface area (Å²) >= 11 is 13.9. The third-order valence-electron chi connectivity index (χ3n) is 4.17. The summed E-state index contributed by atoms with van der Waals surface area (Å²) in [6, 6.07) is 15.1. The first-order valence-corrected chi connectivity index (χ1v) is 11.0. The number of nitrogens with zero attached hydrogens (tertiary/aromatic N) is 1. The van der Waals surface area contributed by atoms with Crippen molar-refractivity contribution < 1.29 is 19.0 Å². The van der Waals surface area contributed by atoms with Crippen molar-refractivity contribution in [1.29, 1.82) is 0 Å². The second-order valence-electron chi connectivity index (χ2n) is 6.42. The minimum absolute atomic E-state index is 0.290. The lowest BCUT2D eigenvalue weighted by molar-refractivity contribution is -0.131. The fourth-order valence-corrected chi connectivity index (χ4v) is 4.26. The van der Waals surface area contributed by atoms with Gasteiger partial charge in [-0.1, -0.05) is 41.4 Å². The van der Waals surface area contributed by atoms with Gasteiger partial charge in [-0.2, -0.15) is 0 Å². The monoisotopic (exact) mass is 477 g/mol. The van der Waals surface area contributed by atoms with Crippen molar-refractivity contribution in [2.24, 2.45) is 0 Å². The molecule has 0 saturated heterocycles. The highest BCUT2D eigenvalue weighted by Gasteiger charge is 2.10. The highest BCUT2D eigenvalue weighted by Crippen LogP contribution is 2.35. The van der Waals surface area contributed by atoms with Gasteiger partial charge in [0.15, 0.2) is 0 Å². The van der Waals surface area contributed by atoms with E-state index in [9.17, 15) is 9.18 Å². The molecule has 3 rings (SSSR count). The van der Waals surface area contributed by atoms with E-state index in [0.29, 0.717) is 40.3 Å². The molecule has 8 heteroatoms. The lowest BCUT2D eigenvalue weighted by Crippen LogP contribution is -2.04. The van der Waals surface area contributed by atoms with Crippen LogP contribution in [0.3, 0.4) is 0 Å². The number of aromatic nitrogens is 1. The topological polar surface area (TPSA) is 59.4 Å². The Hall–Kier alpha value is -2.54. The number of hydrogen-bond donors (Lipinski definition) is 1. The lowest BCUT2D eigenvalue weighted by Gasteiger charge is -2.11. The molecule has 0 aliphatic rings. The average molecular weight is 478 g/mol. The average Bonchev–Trinajstić information content (AvgIpc) is 2.74. The fraction of sp³-hybridized carbons (Fsp3) is 0.130. The Morgan fingerprint density at radius 1 is 1.10 bits per heavy atom. The van der Waals surface area contributed by atoms with Gasteiger partial charge in [0, 0.05) is 23.1 Å². The van der Waals surface area contributed by atoms with Crippen LogP contribution in [0, 0.1) is 5.82 Å². The summed E-state index contributed by atoms with van der Waals surface area (Å²) in [4.78, 5) is 16.2. The standard InChI is InChI=1S/C23H18Cl2FNO3S/c24-18-2-1-3-19(25)23(18)31-14-17-8-10-21(20(27-17)9-11-22(28)29)30-13-12-15-4-6-16(26)7-5-15/h1-11H,12-14H2,(H,28,29)/b11-9+. The van der Waals surface area contributed by atoms with Gasteiger partial charge in [-0.15, -0.1) is 11.8 Å². The molecule has 1 heterocycles. The quantitative estimate of drug-likeness (QED) is 0.280. The van der Waals surface area contributed by atoms with Crippen LogP contribution in [0.4, 0.5) is 4.39 Å². The van der Waals surface area contributed by atoms with Crippen LogP contribution >= 0.6 is 35.0 Å². The molecule has 4 nitrogen and oxygen atoms in total. The number of benzene rings is 2. The summed E-state index contributed by atoms with van der Waals surface area (Å²) in [7, 11) is 0. The zero-order valence-corrected chi connectivity index (χ0v) is 18.6. The number of carboxylic acid groups (broad SMARTS) is 1. The molecule has 0 bridgehead atoms. The second kappa shape index (κ2) is 11.2. The highest BCUT2D eigenvalue weighted by atomic mass is 35.5. The van der Waals surface area contributed by atoms with E-state index >= 15 is 0 Å². The molecule has 3 aromatic rings. The molecule has 0 amide bonds. The lowest BCUT2D eigenvalue weighted by atomic mass is 10.1. The van der Waals surface area contributed by atoms with Crippen molar-refractivity contribution in [2.45, 2.75) is 17.1 Å². The number of thioether (sulfide) groups is 1. The van der Waals surface area contributed by atoms with E-state index in [4.69, 9.17) is 33.0 Å². The Balaban J connectivity index is 1.71. The molecule has 0 fully saturated rings. The number of rotatable bonds is 9. The summed E-state index contributed by atoms with van der Waals surface area (Å²) in [6.07, 6.45) is 2.98. The van der Waals surface area contributed by atoms with Crippen LogP contribution in [-0.4, -0.2) is 22.7 Å². The van der Waals surface area contributed by atoms with Crippen LogP contribution in [0.1, 0.15) is 17.0 Å². The molecule has 0 aliphatic heterocycles. The van der Waals surface area contributed by atoms with Crippen molar-refractivity contribution in [3.8, 4) is 5.75 Å². The van der Waals surface area contributed by atoms with Crippen LogP contribution in [0.5, 0.6) is 5.75 Å². The summed E-state index contributed by atoms with van der Waals surface area (Å²) in [5, 5.41) is 10.1. The summed E-state index contributed by atoms with van der Waals surface area (Å²) in [6.45, 7) is 0.338. The first kappa shape index (κ1) is 23.1. The number of carboxylic acids is 1. The molecule has 2 aromatic carbocycles. The molecule has 1 aromatic heterocycles. The van der Waals surface area contributed by atoms with E-state index in [0.717, 1.165) is 22.2 Å². The molecule has 1 N–H and O–H groups in total. The SMILES string of the molecule is O=C(O)/C=C/c1nc(CSc2c(Cl)cccc2Cl)ccc1OCCc1ccc(F)cc1. The largest absolute Gasteiger partial charge is 0.491 e. The Labute approximate surface area is 193 Å². The number of hydrogen-bond acceptors (Lipinski definition) is 4. The fourth-order valence-electron chi connectivity index (χ4n) is 2.67. The Kier molecular flexibility index (Phi) is 8.35. The van der Waals surface area contributed by atoms with Crippen LogP contribution in [-0.2, 0) is 17.0 Å². The van der Waals surface area contributed by atoms with E-state index in [-0.39, 0.29) is 5.82 Å². The molecule has 0 unspecified atom stereocenters. The summed E-state index contributed by atoms with van der Waals surface area (Å²) < 4.78 is 18.8. The van der Waals surface area contributed by atoms with Crippen molar-refractivity contribution in [2.75, 3.05) is 6.61 Å². The van der Waals surface area contributed by atoms with Crippen molar-refractivity contribution >= 4 is 47.0 Å². The highest BCUT2D eigenvalue weighted by molar-refractivity contribution is 7.98. The Morgan fingerprint density at radius 2 is 1.81 bits per heavy atom. The van der Waals surface area contributed by atoms with Crippen molar-refractivity contribution in [3.63, 3.8) is 0 Å². The predicted molar refractivity (Wildman–Crippen MR) is 123 cm³/mol. The molecule has 0 radical (unpaired) electrons. The van der Waals surface area contributed by atoms with Gasteiger partial charge in [-0.05, 0) is 48.0 Å². The smallest absolute Gasteiger partial charge is 0.328 e. The number of carbonyl (C=O) groups is 1. The van der Waals surface area contributed by atoms with Crippen LogP contribution < -0.4 is 4.74 Å². The number of aliphatic carboxylic acids is 1. The maximum atomic E-state index is 13.0. The minimum atomic E-state index is -1.08. The van der Waals surface area contributed by atoms with Crippen molar-refractivity contribution in [3.05, 3.63) is 93.5 Å². The molecule has 0 aliphatic carbocycles. The van der Waals surface area contributed by atoms with Gasteiger partial charge >= 0.3 is 5.97 Å². The first-order valence-electron chi connectivity index (χ1n) is 9.27. The molecule has 31 heavy (non-hydrogen) atoms. The summed E-state index contributed by atoms with van der Waals surface area (Å²) in [5.74, 6) is -0.417. The summed E-state index contributed by atoms with van der Waals surface area (Å²) in [5.41, 5.74) is 2.06. The minimum Gasteiger partial charge on any atom is -0.491 e. The van der Waals surface area contributed by atoms with Gasteiger partial charge in [0.05, 0.1) is 22.3 Å². The molecular weight excluding hydrogens is 460 g/mol. The predicted octanol–water partition coefficient (Wildman–Crippen LogP) is 6.54. The maximum Gasteiger partial charge on any atom is 0.328 e.